The van der Waals surface area contributed by atoms with Crippen molar-refractivity contribution in [2.75, 3.05) is 67.8 Å². The second kappa shape index (κ2) is 12.1. The number of aliphatic hydroxyl groups excluding tert-OH is 1. The number of morpholine rings is 1. The molecule has 3 aromatic rings. The van der Waals surface area contributed by atoms with E-state index >= 15 is 0 Å². The fourth-order valence-electron chi connectivity index (χ4n) is 5.45. The smallest absolute Gasteiger partial charge is 0.290 e. The molecule has 1 amide bonds. The van der Waals surface area contributed by atoms with E-state index in [1.807, 2.05) is 0 Å². The topological polar surface area (TPSA) is 120 Å². The number of rotatable bonds is 11. The fourth-order valence-corrected chi connectivity index (χ4v) is 5.45. The number of carbonyl (C=O) groups excluding carboxylic acids is 2. The molecular weight excluding hydrogens is 532 g/mol. The number of carbonyl (C=O) groups is 2. The van der Waals surface area contributed by atoms with Crippen LogP contribution >= 0.6 is 0 Å². The number of para-hydroxylation sites is 1. The van der Waals surface area contributed by atoms with E-state index in [4.69, 9.17) is 28.1 Å². The Balaban J connectivity index is 1.55. The van der Waals surface area contributed by atoms with Crippen LogP contribution in [-0.4, -0.2) is 94.4 Å². The Labute approximate surface area is 237 Å². The van der Waals surface area contributed by atoms with Gasteiger partial charge in [0.2, 0.25) is 11.5 Å². The molecule has 41 heavy (non-hydrogen) atoms. The van der Waals surface area contributed by atoms with Crippen LogP contribution in [0.15, 0.2) is 52.1 Å². The molecule has 0 radical (unpaired) electrons. The van der Waals surface area contributed by atoms with Gasteiger partial charge in [0, 0.05) is 31.6 Å². The van der Waals surface area contributed by atoms with Crippen LogP contribution in [0.2, 0.25) is 0 Å². The first kappa shape index (κ1) is 28.3. The van der Waals surface area contributed by atoms with Crippen molar-refractivity contribution in [1.82, 2.24) is 9.80 Å². The largest absolute Gasteiger partial charge is 0.503 e. The number of ketones is 1. The molecule has 5 rings (SSSR count). The molecule has 0 aliphatic carbocycles. The fraction of sp³-hybridized carbons (Fsp3) is 0.400. The van der Waals surface area contributed by atoms with Crippen LogP contribution in [0.25, 0.3) is 11.0 Å². The summed E-state index contributed by atoms with van der Waals surface area (Å²) in [5.41, 5.74) is 0.823. The molecule has 3 heterocycles. The number of amides is 1. The number of ether oxygens (including phenoxy) is 5. The Morgan fingerprint density at radius 3 is 2.27 bits per heavy atom. The maximum Gasteiger partial charge on any atom is 0.290 e. The lowest BCUT2D eigenvalue weighted by Gasteiger charge is -2.30. The van der Waals surface area contributed by atoms with Crippen molar-refractivity contribution in [3.05, 3.63) is 59.1 Å². The summed E-state index contributed by atoms with van der Waals surface area (Å²) in [7, 11) is 5.98. The number of hydrogen-bond acceptors (Lipinski definition) is 10. The van der Waals surface area contributed by atoms with E-state index in [0.717, 1.165) is 19.6 Å². The highest BCUT2D eigenvalue weighted by Crippen LogP contribution is 2.46. The van der Waals surface area contributed by atoms with Gasteiger partial charge in [-0.05, 0) is 36.2 Å². The maximum atomic E-state index is 14.0. The van der Waals surface area contributed by atoms with Gasteiger partial charge in [-0.25, -0.2) is 0 Å². The summed E-state index contributed by atoms with van der Waals surface area (Å²) in [4.78, 5) is 31.3. The molecule has 1 atom stereocenters. The van der Waals surface area contributed by atoms with Crippen molar-refractivity contribution in [3.63, 3.8) is 0 Å². The molecule has 0 saturated carbocycles. The van der Waals surface area contributed by atoms with Gasteiger partial charge in [0.15, 0.2) is 34.4 Å². The molecule has 1 saturated heterocycles. The van der Waals surface area contributed by atoms with Gasteiger partial charge in [0.25, 0.3) is 5.91 Å². The van der Waals surface area contributed by atoms with Crippen molar-refractivity contribution < 1.29 is 42.8 Å². The van der Waals surface area contributed by atoms with E-state index in [2.05, 4.69) is 4.90 Å². The molecule has 2 aliphatic heterocycles. The van der Waals surface area contributed by atoms with Crippen molar-refractivity contribution in [1.29, 1.82) is 0 Å². The van der Waals surface area contributed by atoms with Crippen LogP contribution in [0, 0.1) is 0 Å². The first-order chi connectivity index (χ1) is 19.9. The second-order valence-electron chi connectivity index (χ2n) is 9.75. The van der Waals surface area contributed by atoms with Crippen molar-refractivity contribution in [2.45, 2.75) is 12.5 Å². The number of benzene rings is 2. The van der Waals surface area contributed by atoms with E-state index in [1.165, 1.54) is 33.3 Å². The molecule has 1 fully saturated rings. The molecule has 218 valence electrons. The third-order valence-corrected chi connectivity index (χ3v) is 7.48. The van der Waals surface area contributed by atoms with Gasteiger partial charge in [-0.3, -0.25) is 14.5 Å². The Kier molecular flexibility index (Phi) is 8.36. The molecule has 0 unspecified atom stereocenters. The van der Waals surface area contributed by atoms with E-state index < -0.39 is 23.5 Å². The second-order valence-corrected chi connectivity index (χ2v) is 9.75. The van der Waals surface area contributed by atoms with E-state index in [9.17, 15) is 14.7 Å². The Morgan fingerprint density at radius 1 is 0.951 bits per heavy atom. The Hall–Kier alpha value is -4.22. The zero-order valence-corrected chi connectivity index (χ0v) is 23.6. The Morgan fingerprint density at radius 2 is 1.63 bits per heavy atom. The monoisotopic (exact) mass is 566 g/mol. The number of nitrogens with zero attached hydrogens (tertiary/aromatic N) is 2. The van der Waals surface area contributed by atoms with Crippen LogP contribution in [0.1, 0.15) is 28.6 Å². The highest BCUT2D eigenvalue weighted by molar-refractivity contribution is 6.16. The number of aliphatic hydroxyl groups is 1. The maximum absolute atomic E-state index is 14.0. The summed E-state index contributed by atoms with van der Waals surface area (Å²) in [5.74, 6) is -0.339. The van der Waals surface area contributed by atoms with Gasteiger partial charge in [-0.15, -0.1) is 0 Å². The SMILES string of the molecule is COc1cc([C@H]2C(C(=O)c3cc4cccc(OC)c4o3)=C(O)C(=O)N2CCCN2CCOCC2)cc(OC)c1OC. The summed E-state index contributed by atoms with van der Waals surface area (Å²) in [6.45, 7) is 3.99. The van der Waals surface area contributed by atoms with Gasteiger partial charge in [-0.2, -0.15) is 0 Å². The minimum Gasteiger partial charge on any atom is -0.503 e. The predicted molar refractivity (Wildman–Crippen MR) is 149 cm³/mol. The molecule has 11 nitrogen and oxygen atoms in total. The summed E-state index contributed by atoms with van der Waals surface area (Å²) in [5, 5.41) is 11.8. The van der Waals surface area contributed by atoms with Gasteiger partial charge in [0.1, 0.15) is 0 Å². The number of fused-ring (bicyclic) bond motifs is 1. The highest BCUT2D eigenvalue weighted by atomic mass is 16.5. The lowest BCUT2D eigenvalue weighted by molar-refractivity contribution is -0.129. The van der Waals surface area contributed by atoms with Crippen molar-refractivity contribution in [2.24, 2.45) is 0 Å². The van der Waals surface area contributed by atoms with Crippen LogP contribution in [0.4, 0.5) is 0 Å². The van der Waals surface area contributed by atoms with Crippen LogP contribution < -0.4 is 18.9 Å². The number of furan rings is 1. The van der Waals surface area contributed by atoms with Gasteiger partial charge in [-0.1, -0.05) is 12.1 Å². The van der Waals surface area contributed by atoms with Gasteiger partial charge >= 0.3 is 0 Å². The zero-order valence-electron chi connectivity index (χ0n) is 23.6. The van der Waals surface area contributed by atoms with Crippen LogP contribution in [-0.2, 0) is 9.53 Å². The standard InChI is InChI=1S/C30H34N2O9/c1-36-20-8-5-7-18-15-21(41-28(18)20)26(33)24-25(19-16-22(37-2)29(39-4)23(17-19)38-3)32(30(35)27(24)34)10-6-9-31-11-13-40-14-12-31/h5,7-8,15-17,25,34H,6,9-14H2,1-4H3/t25-/m0/s1. The average molecular weight is 567 g/mol. The molecule has 0 bridgehead atoms. The predicted octanol–water partition coefficient (Wildman–Crippen LogP) is 3.77. The van der Waals surface area contributed by atoms with Crippen LogP contribution in [0.5, 0.6) is 23.0 Å². The van der Waals surface area contributed by atoms with E-state index in [-0.39, 0.29) is 11.3 Å². The average Bonchev–Trinajstić information content (AvgIpc) is 3.55. The number of methoxy groups -OCH3 is 4. The molecule has 1 aromatic heterocycles. The minimum absolute atomic E-state index is 0.0218. The summed E-state index contributed by atoms with van der Waals surface area (Å²) in [6.07, 6.45) is 0.628. The lowest BCUT2D eigenvalue weighted by Crippen LogP contribution is -2.39. The summed E-state index contributed by atoms with van der Waals surface area (Å²) in [6, 6.07) is 9.33. The zero-order chi connectivity index (χ0) is 29.1. The number of hydrogen-bond donors (Lipinski definition) is 1. The van der Waals surface area contributed by atoms with Gasteiger partial charge < -0.3 is 38.1 Å². The molecule has 11 heteroatoms. The first-order valence-corrected chi connectivity index (χ1v) is 13.4. The van der Waals surface area contributed by atoms with Crippen LogP contribution in [0.3, 0.4) is 0 Å². The minimum atomic E-state index is -0.927. The molecule has 1 N–H and O–H groups in total. The van der Waals surface area contributed by atoms with Crippen molar-refractivity contribution in [3.8, 4) is 23.0 Å². The van der Waals surface area contributed by atoms with Crippen molar-refractivity contribution >= 4 is 22.7 Å². The third kappa shape index (κ3) is 5.30. The van der Waals surface area contributed by atoms with E-state index in [1.54, 1.807) is 36.4 Å². The molecule has 2 aromatic carbocycles. The quantitative estimate of drug-likeness (QED) is 0.344. The summed E-state index contributed by atoms with van der Waals surface area (Å²) < 4.78 is 33.3. The van der Waals surface area contributed by atoms with Gasteiger partial charge in [0.05, 0.1) is 53.3 Å². The molecular formula is C30H34N2O9. The van der Waals surface area contributed by atoms with E-state index in [0.29, 0.717) is 65.7 Å². The molecule has 2 aliphatic rings. The highest BCUT2D eigenvalue weighted by Gasteiger charge is 2.45. The lowest BCUT2D eigenvalue weighted by atomic mass is 9.94. The third-order valence-electron chi connectivity index (χ3n) is 7.48. The normalized spacial score (nSPS) is 17.8. The molecule has 0 spiro atoms. The Bertz CT molecular complexity index is 1450. The number of Topliss-reactive ketones (excluding diaryl/α,β-unsaturated/α-hetero) is 1. The first-order valence-electron chi connectivity index (χ1n) is 13.4. The summed E-state index contributed by atoms with van der Waals surface area (Å²) >= 11 is 0.